The van der Waals surface area contributed by atoms with E-state index >= 15 is 0 Å². The third-order valence-corrected chi connectivity index (χ3v) is 4.19. The van der Waals surface area contributed by atoms with Gasteiger partial charge in [-0.3, -0.25) is 4.79 Å². The minimum Gasteiger partial charge on any atom is -0.463 e. The summed E-state index contributed by atoms with van der Waals surface area (Å²) in [5.41, 5.74) is -1.89. The zero-order chi connectivity index (χ0) is 22.4. The molecule has 0 aromatic rings. The molecule has 0 radical (unpaired) electrons. The molecular formula is C19H34O10. The van der Waals surface area contributed by atoms with Crippen LogP contribution in [0.1, 0.15) is 39.5 Å². The summed E-state index contributed by atoms with van der Waals surface area (Å²) in [4.78, 5) is 26.0. The van der Waals surface area contributed by atoms with Crippen LogP contribution >= 0.6 is 0 Å². The number of aliphatic hydroxyl groups is 6. The molecule has 170 valence electrons. The van der Waals surface area contributed by atoms with Gasteiger partial charge in [0.05, 0.1) is 31.0 Å². The van der Waals surface area contributed by atoms with Gasteiger partial charge in [-0.1, -0.05) is 5.57 Å². The van der Waals surface area contributed by atoms with Crippen LogP contribution in [0.2, 0.25) is 0 Å². The van der Waals surface area contributed by atoms with Gasteiger partial charge in [-0.15, -0.1) is 0 Å². The van der Waals surface area contributed by atoms with Gasteiger partial charge in [0.25, 0.3) is 0 Å². The predicted octanol–water partition coefficient (Wildman–Crippen LogP) is -1.35. The quantitative estimate of drug-likeness (QED) is 0.137. The minimum absolute atomic E-state index is 0.0707. The molecule has 0 amide bonds. The minimum atomic E-state index is -1.86. The summed E-state index contributed by atoms with van der Waals surface area (Å²) in [6.07, 6.45) is -2.96. The molecular weight excluding hydrogens is 388 g/mol. The van der Waals surface area contributed by atoms with E-state index in [9.17, 15) is 30.0 Å². The summed E-state index contributed by atoms with van der Waals surface area (Å²) in [5.74, 6) is -1.95. The second-order valence-electron chi connectivity index (χ2n) is 6.83. The molecule has 0 heterocycles. The highest BCUT2D eigenvalue weighted by Gasteiger charge is 2.49. The molecule has 10 heteroatoms. The first-order valence-electron chi connectivity index (χ1n) is 9.56. The van der Waals surface area contributed by atoms with Crippen LogP contribution in [0.5, 0.6) is 0 Å². The standard InChI is InChI=1S/C19H34O10/c1-13(24)11-19(12-14(2)25,18(27)29-10-8-23)16(17(26)28-9-7-22)15(3-5-20)4-6-21/h13-14,20-25H,3-12H2,1-2H3. The highest BCUT2D eigenvalue weighted by Crippen LogP contribution is 2.43. The van der Waals surface area contributed by atoms with Crippen LogP contribution in [0.25, 0.3) is 0 Å². The Kier molecular flexibility index (Phi) is 13.7. The molecule has 10 nitrogen and oxygen atoms in total. The molecule has 0 aromatic carbocycles. The summed E-state index contributed by atoms with van der Waals surface area (Å²) in [5, 5.41) is 57.0. The van der Waals surface area contributed by atoms with Crippen molar-refractivity contribution in [2.24, 2.45) is 5.41 Å². The molecule has 0 bridgehead atoms. The van der Waals surface area contributed by atoms with Crippen LogP contribution in [0, 0.1) is 5.41 Å². The SMILES string of the molecule is CC(O)CC(CC(C)O)(C(=O)OCCO)C(C(=O)OCCO)=C(CCO)CCO. The van der Waals surface area contributed by atoms with E-state index in [4.69, 9.17) is 19.7 Å². The Labute approximate surface area is 170 Å². The molecule has 0 spiro atoms. The van der Waals surface area contributed by atoms with Crippen molar-refractivity contribution in [2.75, 3.05) is 39.6 Å². The van der Waals surface area contributed by atoms with Crippen molar-refractivity contribution in [3.8, 4) is 0 Å². The summed E-state index contributed by atoms with van der Waals surface area (Å²) < 4.78 is 10.1. The maximum atomic E-state index is 13.1. The molecule has 0 aliphatic carbocycles. The number of hydrogen-bond donors (Lipinski definition) is 6. The van der Waals surface area contributed by atoms with Crippen LogP contribution < -0.4 is 0 Å². The zero-order valence-corrected chi connectivity index (χ0v) is 17.0. The van der Waals surface area contributed by atoms with Gasteiger partial charge in [0.2, 0.25) is 0 Å². The van der Waals surface area contributed by atoms with Crippen molar-refractivity contribution < 1.29 is 49.7 Å². The lowest BCUT2D eigenvalue weighted by molar-refractivity contribution is -0.161. The Morgan fingerprint density at radius 2 is 1.24 bits per heavy atom. The molecule has 6 N–H and O–H groups in total. The average molecular weight is 422 g/mol. The van der Waals surface area contributed by atoms with Crippen LogP contribution in [-0.2, 0) is 19.1 Å². The number of carbonyl (C=O) groups is 2. The monoisotopic (exact) mass is 422 g/mol. The summed E-state index contributed by atoms with van der Waals surface area (Å²) in [6.45, 7) is 0.333. The van der Waals surface area contributed by atoms with Crippen molar-refractivity contribution >= 4 is 11.9 Å². The van der Waals surface area contributed by atoms with Crippen LogP contribution in [0.15, 0.2) is 11.1 Å². The summed E-state index contributed by atoms with van der Waals surface area (Å²) >= 11 is 0. The highest BCUT2D eigenvalue weighted by molar-refractivity contribution is 5.99. The molecule has 2 unspecified atom stereocenters. The van der Waals surface area contributed by atoms with E-state index in [0.29, 0.717) is 0 Å². The molecule has 0 aromatic heterocycles. The van der Waals surface area contributed by atoms with Gasteiger partial charge in [-0.05, 0) is 39.5 Å². The van der Waals surface area contributed by atoms with Gasteiger partial charge in [-0.25, -0.2) is 4.79 Å². The third-order valence-electron chi connectivity index (χ3n) is 4.19. The smallest absolute Gasteiger partial charge is 0.335 e. The first-order valence-corrected chi connectivity index (χ1v) is 9.56. The predicted molar refractivity (Wildman–Crippen MR) is 102 cm³/mol. The number of aliphatic hydroxyl groups excluding tert-OH is 6. The maximum Gasteiger partial charge on any atom is 0.335 e. The van der Waals surface area contributed by atoms with E-state index in [1.54, 1.807) is 0 Å². The Morgan fingerprint density at radius 1 is 0.793 bits per heavy atom. The van der Waals surface area contributed by atoms with E-state index < -0.39 is 56.0 Å². The van der Waals surface area contributed by atoms with Gasteiger partial charge < -0.3 is 40.1 Å². The number of rotatable bonds is 15. The van der Waals surface area contributed by atoms with Gasteiger partial charge in [0, 0.05) is 13.2 Å². The molecule has 2 atom stereocenters. The van der Waals surface area contributed by atoms with E-state index in [1.807, 2.05) is 0 Å². The first-order chi connectivity index (χ1) is 13.7. The molecule has 0 fully saturated rings. The first kappa shape index (κ1) is 27.4. The Balaban J connectivity index is 6.78. The zero-order valence-electron chi connectivity index (χ0n) is 17.0. The normalized spacial score (nSPS) is 15.2. The molecule has 0 saturated carbocycles. The lowest BCUT2D eigenvalue weighted by Crippen LogP contribution is -2.44. The van der Waals surface area contributed by atoms with Gasteiger partial charge in [-0.2, -0.15) is 0 Å². The highest BCUT2D eigenvalue weighted by atomic mass is 16.5. The second kappa shape index (κ2) is 14.4. The topological polar surface area (TPSA) is 174 Å². The second-order valence-corrected chi connectivity index (χ2v) is 6.83. The van der Waals surface area contributed by atoms with E-state index in [1.165, 1.54) is 13.8 Å². The van der Waals surface area contributed by atoms with Crippen molar-refractivity contribution in [1.82, 2.24) is 0 Å². The third kappa shape index (κ3) is 8.77. The van der Waals surface area contributed by atoms with Crippen LogP contribution in [0.3, 0.4) is 0 Å². The Hall–Kier alpha value is -1.56. The van der Waals surface area contributed by atoms with Crippen molar-refractivity contribution in [1.29, 1.82) is 0 Å². The molecule has 0 saturated heterocycles. The molecule has 29 heavy (non-hydrogen) atoms. The number of hydrogen-bond acceptors (Lipinski definition) is 10. The van der Waals surface area contributed by atoms with Gasteiger partial charge >= 0.3 is 11.9 Å². The van der Waals surface area contributed by atoms with Crippen molar-refractivity contribution in [3.05, 3.63) is 11.1 Å². The Morgan fingerprint density at radius 3 is 1.62 bits per heavy atom. The lowest BCUT2D eigenvalue weighted by atomic mass is 9.69. The van der Waals surface area contributed by atoms with Crippen LogP contribution in [-0.4, -0.2) is 94.4 Å². The van der Waals surface area contributed by atoms with Crippen molar-refractivity contribution in [2.45, 2.75) is 51.7 Å². The van der Waals surface area contributed by atoms with E-state index in [2.05, 4.69) is 0 Å². The fraction of sp³-hybridized carbons (Fsp3) is 0.789. The molecule has 0 rings (SSSR count). The van der Waals surface area contributed by atoms with E-state index in [0.717, 1.165) is 0 Å². The van der Waals surface area contributed by atoms with Crippen molar-refractivity contribution in [3.63, 3.8) is 0 Å². The van der Waals surface area contributed by atoms with Gasteiger partial charge in [0.1, 0.15) is 18.6 Å². The number of carbonyl (C=O) groups excluding carboxylic acids is 2. The molecule has 0 aliphatic rings. The largest absolute Gasteiger partial charge is 0.463 e. The molecule has 0 aliphatic heterocycles. The lowest BCUT2D eigenvalue weighted by Gasteiger charge is -2.36. The average Bonchev–Trinajstić information content (AvgIpc) is 2.63. The van der Waals surface area contributed by atoms with Crippen LogP contribution in [0.4, 0.5) is 0 Å². The number of esters is 2. The fourth-order valence-electron chi connectivity index (χ4n) is 3.37. The summed E-state index contributed by atoms with van der Waals surface area (Å²) in [7, 11) is 0. The van der Waals surface area contributed by atoms with E-state index in [-0.39, 0.29) is 50.0 Å². The number of ether oxygens (including phenoxy) is 2. The fourth-order valence-corrected chi connectivity index (χ4v) is 3.37. The Bertz CT molecular complexity index is 509. The summed E-state index contributed by atoms with van der Waals surface area (Å²) in [6, 6.07) is 0. The van der Waals surface area contributed by atoms with Gasteiger partial charge in [0.15, 0.2) is 0 Å². The maximum absolute atomic E-state index is 13.1.